The van der Waals surface area contributed by atoms with Gasteiger partial charge in [0.15, 0.2) is 0 Å². The molecule has 2 rings (SSSR count). The zero-order valence-electron chi connectivity index (χ0n) is 10.9. The second kappa shape index (κ2) is 5.97. The summed E-state index contributed by atoms with van der Waals surface area (Å²) in [6, 6.07) is 2.15. The molecule has 5 nitrogen and oxygen atoms in total. The zero-order valence-corrected chi connectivity index (χ0v) is 13.3. The minimum Gasteiger partial charge on any atom is -0.396 e. The van der Waals surface area contributed by atoms with E-state index in [0.717, 1.165) is 18.6 Å². The molecule has 0 amide bonds. The van der Waals surface area contributed by atoms with Gasteiger partial charge in [0.1, 0.15) is 5.82 Å². The van der Waals surface area contributed by atoms with E-state index >= 15 is 0 Å². The minimum atomic E-state index is -3.74. The van der Waals surface area contributed by atoms with E-state index in [1.807, 2.05) is 6.92 Å². The van der Waals surface area contributed by atoms with Gasteiger partial charge in [-0.3, -0.25) is 0 Å². The van der Waals surface area contributed by atoms with E-state index in [1.165, 1.54) is 0 Å². The van der Waals surface area contributed by atoms with Crippen LogP contribution in [0.1, 0.15) is 13.3 Å². The standard InChI is InChI=1S/C12H16BrFN2O3S/c1-7-8(2-3-19-7)6-16-20(17,18)12-5-11(15)10(14)4-9(12)13/h4-5,7-8,16H,2-3,6,15H2,1H3. The van der Waals surface area contributed by atoms with Gasteiger partial charge in [-0.05, 0) is 41.4 Å². The Morgan fingerprint density at radius 3 is 2.85 bits per heavy atom. The lowest BCUT2D eigenvalue weighted by Gasteiger charge is -2.15. The minimum absolute atomic E-state index is 0.0272. The Bertz CT molecular complexity index is 609. The molecule has 1 aliphatic heterocycles. The highest BCUT2D eigenvalue weighted by molar-refractivity contribution is 9.10. The Kier molecular flexibility index (Phi) is 4.68. The molecular formula is C12H16BrFN2O3S. The van der Waals surface area contributed by atoms with Gasteiger partial charge in [0, 0.05) is 23.5 Å². The van der Waals surface area contributed by atoms with Gasteiger partial charge in [-0.2, -0.15) is 0 Å². The maximum absolute atomic E-state index is 13.2. The molecule has 2 atom stereocenters. The average Bonchev–Trinajstić information content (AvgIpc) is 2.77. The molecule has 1 heterocycles. The molecule has 0 aliphatic carbocycles. The van der Waals surface area contributed by atoms with Crippen LogP contribution in [0.3, 0.4) is 0 Å². The first-order valence-electron chi connectivity index (χ1n) is 6.17. The quantitative estimate of drug-likeness (QED) is 0.797. The van der Waals surface area contributed by atoms with Crippen LogP contribution in [-0.4, -0.2) is 27.7 Å². The summed E-state index contributed by atoms with van der Waals surface area (Å²) in [5.74, 6) is -0.519. The van der Waals surface area contributed by atoms with Crippen molar-refractivity contribution >= 4 is 31.6 Å². The Balaban J connectivity index is 2.16. The number of halogens is 2. The van der Waals surface area contributed by atoms with Crippen LogP contribution in [-0.2, 0) is 14.8 Å². The number of benzene rings is 1. The smallest absolute Gasteiger partial charge is 0.241 e. The summed E-state index contributed by atoms with van der Waals surface area (Å²) in [4.78, 5) is -0.0667. The normalized spacial score (nSPS) is 23.1. The topological polar surface area (TPSA) is 81.4 Å². The van der Waals surface area contributed by atoms with E-state index in [1.54, 1.807) is 0 Å². The summed E-state index contributed by atoms with van der Waals surface area (Å²) < 4.78 is 45.7. The maximum atomic E-state index is 13.2. The Hall–Kier alpha value is -0.700. The van der Waals surface area contributed by atoms with E-state index in [9.17, 15) is 12.8 Å². The van der Waals surface area contributed by atoms with E-state index in [4.69, 9.17) is 10.5 Å². The monoisotopic (exact) mass is 366 g/mol. The molecule has 1 saturated heterocycles. The highest BCUT2D eigenvalue weighted by Gasteiger charge is 2.27. The molecule has 0 saturated carbocycles. The number of nitrogen functional groups attached to an aromatic ring is 1. The van der Waals surface area contributed by atoms with Crippen molar-refractivity contribution in [1.82, 2.24) is 4.72 Å². The molecule has 3 N–H and O–H groups in total. The van der Waals surface area contributed by atoms with Crippen LogP contribution < -0.4 is 10.5 Å². The van der Waals surface area contributed by atoms with Crippen LogP contribution >= 0.6 is 15.9 Å². The number of ether oxygens (including phenoxy) is 1. The Labute approximate surface area is 125 Å². The first kappa shape index (κ1) is 15.7. The van der Waals surface area contributed by atoms with Gasteiger partial charge in [-0.25, -0.2) is 17.5 Å². The predicted molar refractivity (Wildman–Crippen MR) is 77.2 cm³/mol. The number of hydrogen-bond acceptors (Lipinski definition) is 4. The summed E-state index contributed by atoms with van der Waals surface area (Å²) in [5, 5.41) is 0. The summed E-state index contributed by atoms with van der Waals surface area (Å²) in [7, 11) is -3.74. The number of sulfonamides is 1. The van der Waals surface area contributed by atoms with Crippen molar-refractivity contribution < 1.29 is 17.5 Å². The number of rotatable bonds is 4. The van der Waals surface area contributed by atoms with Crippen molar-refractivity contribution in [2.24, 2.45) is 5.92 Å². The van der Waals surface area contributed by atoms with Crippen molar-refractivity contribution in [1.29, 1.82) is 0 Å². The maximum Gasteiger partial charge on any atom is 0.241 e. The second-order valence-electron chi connectivity index (χ2n) is 4.78. The van der Waals surface area contributed by atoms with Crippen LogP contribution in [0, 0.1) is 11.7 Å². The van der Waals surface area contributed by atoms with Crippen molar-refractivity contribution in [3.05, 3.63) is 22.4 Å². The molecule has 0 radical (unpaired) electrons. The third-order valence-electron chi connectivity index (χ3n) is 3.41. The van der Waals surface area contributed by atoms with E-state index < -0.39 is 15.8 Å². The highest BCUT2D eigenvalue weighted by atomic mass is 79.9. The molecule has 2 unspecified atom stereocenters. The van der Waals surface area contributed by atoms with Crippen LogP contribution in [0.4, 0.5) is 10.1 Å². The number of nitrogens with one attached hydrogen (secondary N) is 1. The molecule has 8 heteroatoms. The van der Waals surface area contributed by atoms with Crippen LogP contribution in [0.25, 0.3) is 0 Å². The van der Waals surface area contributed by atoms with E-state index in [0.29, 0.717) is 6.61 Å². The molecular weight excluding hydrogens is 351 g/mol. The highest BCUT2D eigenvalue weighted by Crippen LogP contribution is 2.27. The third kappa shape index (κ3) is 3.30. The first-order valence-corrected chi connectivity index (χ1v) is 8.44. The van der Waals surface area contributed by atoms with E-state index in [-0.39, 0.29) is 33.6 Å². The lowest BCUT2D eigenvalue weighted by molar-refractivity contribution is 0.107. The molecule has 0 aromatic heterocycles. The summed E-state index contributed by atoms with van der Waals surface area (Å²) in [5.41, 5.74) is 5.22. The van der Waals surface area contributed by atoms with Crippen molar-refractivity contribution in [3.63, 3.8) is 0 Å². The molecule has 0 bridgehead atoms. The summed E-state index contributed by atoms with van der Waals surface area (Å²) in [6.45, 7) is 2.84. The van der Waals surface area contributed by atoms with Gasteiger partial charge >= 0.3 is 0 Å². The Morgan fingerprint density at radius 2 is 2.25 bits per heavy atom. The van der Waals surface area contributed by atoms with Crippen molar-refractivity contribution in [2.45, 2.75) is 24.3 Å². The fourth-order valence-electron chi connectivity index (χ4n) is 2.09. The van der Waals surface area contributed by atoms with Gasteiger partial charge in [-0.15, -0.1) is 0 Å². The fourth-order valence-corrected chi connectivity index (χ4v) is 4.23. The number of anilines is 1. The van der Waals surface area contributed by atoms with Crippen LogP contribution in [0.15, 0.2) is 21.5 Å². The Morgan fingerprint density at radius 1 is 1.55 bits per heavy atom. The lowest BCUT2D eigenvalue weighted by Crippen LogP contribution is -2.32. The van der Waals surface area contributed by atoms with Gasteiger partial charge in [-0.1, -0.05) is 0 Å². The molecule has 20 heavy (non-hydrogen) atoms. The van der Waals surface area contributed by atoms with Crippen molar-refractivity contribution in [2.75, 3.05) is 18.9 Å². The van der Waals surface area contributed by atoms with Gasteiger partial charge < -0.3 is 10.5 Å². The predicted octanol–water partition coefficient (Wildman–Crippen LogP) is 1.87. The lowest BCUT2D eigenvalue weighted by atomic mass is 10.0. The molecule has 0 spiro atoms. The second-order valence-corrected chi connectivity index (χ2v) is 7.37. The molecule has 112 valence electrons. The molecule has 1 aromatic rings. The molecule has 1 fully saturated rings. The first-order chi connectivity index (χ1) is 9.31. The number of hydrogen-bond donors (Lipinski definition) is 2. The van der Waals surface area contributed by atoms with Gasteiger partial charge in [0.25, 0.3) is 0 Å². The SMILES string of the molecule is CC1OCCC1CNS(=O)(=O)c1cc(N)c(F)cc1Br. The van der Waals surface area contributed by atoms with Crippen LogP contribution in [0.2, 0.25) is 0 Å². The largest absolute Gasteiger partial charge is 0.396 e. The zero-order chi connectivity index (χ0) is 14.9. The average molecular weight is 367 g/mol. The third-order valence-corrected chi connectivity index (χ3v) is 5.79. The molecule has 1 aromatic carbocycles. The van der Waals surface area contributed by atoms with Crippen LogP contribution in [0.5, 0.6) is 0 Å². The summed E-state index contributed by atoms with van der Waals surface area (Å²) in [6.07, 6.45) is 0.843. The fraction of sp³-hybridized carbons (Fsp3) is 0.500. The van der Waals surface area contributed by atoms with Crippen molar-refractivity contribution in [3.8, 4) is 0 Å². The van der Waals surface area contributed by atoms with Gasteiger partial charge in [0.2, 0.25) is 10.0 Å². The summed E-state index contributed by atoms with van der Waals surface area (Å²) >= 11 is 3.04. The van der Waals surface area contributed by atoms with Gasteiger partial charge in [0.05, 0.1) is 16.7 Å². The molecule has 1 aliphatic rings. The van der Waals surface area contributed by atoms with E-state index in [2.05, 4.69) is 20.7 Å². The number of nitrogens with two attached hydrogens (primary N) is 1.